The maximum absolute atomic E-state index is 6.56. The minimum absolute atomic E-state index is 0.300. The molecular weight excluding hydrogens is 1640 g/mol. The maximum Gasteiger partial charge on any atom is 0.119 e. The lowest BCUT2D eigenvalue weighted by Crippen LogP contribution is -2.46. The molecule has 0 heterocycles. The molecule has 3 aromatic rings. The summed E-state index contributed by atoms with van der Waals surface area (Å²) in [7, 11) is 1.83. The Hall–Kier alpha value is -2.82. The quantitative estimate of drug-likeness (QED) is 0.0540. The highest BCUT2D eigenvalue weighted by Gasteiger charge is 2.55. The molecule has 0 radical (unpaired) electrons. The fourth-order valence-corrected chi connectivity index (χ4v) is 33.5. The standard InChI is InChI=1S/C27H42O2.C21H36O.C19H32O.C18H32O.C18H20O.C12H24O.C11H20O/c1-21(19-22-11-12-24-9-5-6-10-26(24)20-22)28-17-18-29-27-15-13-25(14-16-27)23-7-3-2-4-8-23;1-15(22-8-7-16-5-3-2-4-6-16)9-21-19-11-17-10-18(13-19)14-20(21)12-17;1-13(10-14-6-3-2-4-7-14)20-19-12-15-11-18(19)17-9-5-8-16(15)17;1-14(11-18-13-16-7-8-17(18)12-16)19-10-9-15-5-3-2-4-6-15;1-3-19-13(2)12-18-16-10-6-4-8-14(16)15-9-5-7-11-17(15)18;1-10(2)13-11(3)9-12-7-5-4-6-8-12;1-8(12-2)5-11-7-9-3-4-10(11)6-9/h13-16,21-24,26H,2-12,17-20H2,1H3;15-21H,2-14H2,1H3;13-19H,2-12H2,1H3;14-18H,2-13H2,1H3;4-11,13,18H,3,12H2,1-2H3;10-12H,4-9H2,1-3H3;8-11H,3-7H2,1-2H3. The predicted octanol–water partition coefficient (Wildman–Crippen LogP) is 34.9. The first-order chi connectivity index (χ1) is 65.5. The summed E-state index contributed by atoms with van der Waals surface area (Å²) in [6.45, 7) is 26.4. The Labute approximate surface area is 824 Å². The highest BCUT2D eigenvalue weighted by atomic mass is 16.5. The van der Waals surface area contributed by atoms with Crippen molar-refractivity contribution in [1.29, 1.82) is 0 Å². The summed E-state index contributed by atoms with van der Waals surface area (Å²) in [5.74, 6) is 24.9. The van der Waals surface area contributed by atoms with Crippen LogP contribution in [0.25, 0.3) is 11.1 Å². The molecule has 0 amide bonds. The molecule has 22 rings (SSSR count). The first-order valence-corrected chi connectivity index (χ1v) is 59.7. The van der Waals surface area contributed by atoms with Crippen LogP contribution in [-0.4, -0.2) is 95.1 Å². The molecule has 10 bridgehead atoms. The maximum atomic E-state index is 6.56. The second-order valence-electron chi connectivity index (χ2n) is 50.2. The molecular formula is C126H206O8. The van der Waals surface area contributed by atoms with Crippen molar-refractivity contribution in [2.75, 3.05) is 40.1 Å². The number of fused-ring (bicyclic) bond motifs is 13. The van der Waals surface area contributed by atoms with Crippen LogP contribution >= 0.6 is 0 Å². The van der Waals surface area contributed by atoms with Gasteiger partial charge in [0, 0.05) is 32.8 Å². The van der Waals surface area contributed by atoms with Gasteiger partial charge in [0.15, 0.2) is 0 Å². The van der Waals surface area contributed by atoms with Gasteiger partial charge in [-0.1, -0.05) is 260 Å². The van der Waals surface area contributed by atoms with Gasteiger partial charge in [-0.25, -0.2) is 0 Å². The van der Waals surface area contributed by atoms with Gasteiger partial charge in [0.1, 0.15) is 12.4 Å². The zero-order chi connectivity index (χ0) is 92.9. The third kappa shape index (κ3) is 32.1. The first-order valence-electron chi connectivity index (χ1n) is 59.7. The van der Waals surface area contributed by atoms with Gasteiger partial charge in [-0.15, -0.1) is 0 Å². The van der Waals surface area contributed by atoms with Crippen LogP contribution in [0.1, 0.15) is 477 Å². The summed E-state index contributed by atoms with van der Waals surface area (Å²) in [5, 5.41) is 0. The van der Waals surface area contributed by atoms with Crippen molar-refractivity contribution in [3.8, 4) is 16.9 Å². The largest absolute Gasteiger partial charge is 0.491 e. The molecule has 0 N–H and O–H groups in total. The SMILES string of the molecule is CC(C)OC(C)CC1CCCCC1.CC(CC1C2CC3CC(C2)CC1C3)OCCC1CCCCC1.CC(CC1CC2CCC1C2)OCCC1CCCCC1.CC(CC1CCC2CCCCC2C1)OCCOc1ccc(C2CCCCC2)cc1.CC(CC1CCCCC1)OC1CC2CC1C1CCCC21.CCOC(C)CC1c2ccccc2-c2ccccc21.COC(C)CC1CC2CCC1C2. The Morgan fingerprint density at radius 2 is 0.769 bits per heavy atom. The first kappa shape index (κ1) is 105. The minimum Gasteiger partial charge on any atom is -0.491 e. The molecule has 8 nitrogen and oxygen atoms in total. The van der Waals surface area contributed by atoms with Gasteiger partial charge < -0.3 is 37.9 Å². The second kappa shape index (κ2) is 55.3. The van der Waals surface area contributed by atoms with Crippen LogP contribution in [0.2, 0.25) is 0 Å². The van der Waals surface area contributed by atoms with Crippen LogP contribution < -0.4 is 4.74 Å². The Kier molecular flexibility index (Phi) is 43.5. The van der Waals surface area contributed by atoms with E-state index >= 15 is 0 Å². The summed E-state index contributed by atoms with van der Waals surface area (Å²) in [6.07, 6.45) is 89.6. The van der Waals surface area contributed by atoms with Crippen LogP contribution in [-0.2, 0) is 33.2 Å². The van der Waals surface area contributed by atoms with Gasteiger partial charge in [-0.3, -0.25) is 0 Å². The van der Waals surface area contributed by atoms with Gasteiger partial charge in [-0.2, -0.15) is 0 Å². The molecule has 21 atom stereocenters. The van der Waals surface area contributed by atoms with Crippen molar-refractivity contribution in [2.24, 2.45) is 130 Å². The number of rotatable bonds is 35. The highest BCUT2D eigenvalue weighted by Crippen LogP contribution is 2.61. The molecule has 3 aromatic carbocycles. The predicted molar refractivity (Wildman–Crippen MR) is 561 cm³/mol. The van der Waals surface area contributed by atoms with Crippen LogP contribution in [0, 0.1) is 130 Å². The Balaban J connectivity index is 0.000000121. The van der Waals surface area contributed by atoms with Crippen molar-refractivity contribution >= 4 is 0 Å². The number of methoxy groups -OCH3 is 1. The van der Waals surface area contributed by atoms with Crippen molar-refractivity contribution in [1.82, 2.24) is 0 Å². The van der Waals surface area contributed by atoms with Crippen LogP contribution in [0.5, 0.6) is 5.75 Å². The van der Waals surface area contributed by atoms with Gasteiger partial charge in [-0.05, 0) is 425 Å². The topological polar surface area (TPSA) is 73.8 Å². The van der Waals surface area contributed by atoms with E-state index in [9.17, 15) is 0 Å². The van der Waals surface area contributed by atoms with E-state index in [4.69, 9.17) is 37.9 Å². The van der Waals surface area contributed by atoms with E-state index in [1.54, 1.807) is 38.5 Å². The van der Waals surface area contributed by atoms with E-state index in [0.717, 1.165) is 168 Å². The van der Waals surface area contributed by atoms with Crippen molar-refractivity contribution in [3.05, 3.63) is 89.5 Å². The monoisotopic (exact) mass is 1850 g/mol. The molecule has 0 saturated heterocycles. The molecule has 8 heteroatoms. The third-order valence-electron chi connectivity index (χ3n) is 39.8. The average Bonchev–Trinajstić information content (AvgIpc) is 1.60. The lowest BCUT2D eigenvalue weighted by molar-refractivity contribution is -0.0635. The van der Waals surface area contributed by atoms with E-state index in [-0.39, 0.29) is 0 Å². The van der Waals surface area contributed by atoms with Gasteiger partial charge in [0.25, 0.3) is 0 Å². The molecule has 18 saturated carbocycles. The average molecular weight is 1850 g/mol. The van der Waals surface area contributed by atoms with E-state index in [2.05, 4.69) is 142 Å². The molecule has 21 unspecified atom stereocenters. The lowest BCUT2D eigenvalue weighted by atomic mass is 9.51. The Morgan fingerprint density at radius 3 is 1.31 bits per heavy atom. The normalized spacial score (nSPS) is 33.4. The van der Waals surface area contributed by atoms with Crippen LogP contribution in [0.4, 0.5) is 0 Å². The fraction of sp³-hybridized carbons (Fsp3) is 0.857. The highest BCUT2D eigenvalue weighted by molar-refractivity contribution is 5.78. The summed E-state index contributed by atoms with van der Waals surface area (Å²) in [6, 6.07) is 26.4. The van der Waals surface area contributed by atoms with Crippen molar-refractivity contribution < 1.29 is 37.9 Å². The fourth-order valence-electron chi connectivity index (χ4n) is 33.5. The van der Waals surface area contributed by atoms with Gasteiger partial charge in [0.05, 0.1) is 61.5 Å². The molecule has 134 heavy (non-hydrogen) atoms. The van der Waals surface area contributed by atoms with Crippen LogP contribution in [0.3, 0.4) is 0 Å². The minimum atomic E-state index is 0.300. The summed E-state index contributed by atoms with van der Waals surface area (Å²) in [5.41, 5.74) is 7.19. The molecule has 18 fully saturated rings. The molecule has 0 aromatic heterocycles. The smallest absolute Gasteiger partial charge is 0.119 e. The summed E-state index contributed by atoms with van der Waals surface area (Å²) in [4.78, 5) is 0. The van der Waals surface area contributed by atoms with Crippen molar-refractivity contribution in [3.63, 3.8) is 0 Å². The molecule has 0 spiro atoms. The van der Waals surface area contributed by atoms with Crippen LogP contribution in [0.15, 0.2) is 72.8 Å². The summed E-state index contributed by atoms with van der Waals surface area (Å²) >= 11 is 0. The zero-order valence-corrected chi connectivity index (χ0v) is 88.5. The van der Waals surface area contributed by atoms with Crippen molar-refractivity contribution in [2.45, 2.75) is 515 Å². The Bertz CT molecular complexity index is 3600. The number of hydrogen-bond donors (Lipinski definition) is 0. The third-order valence-corrected chi connectivity index (χ3v) is 39.8. The molecule has 0 aliphatic heterocycles. The number of ether oxygens (including phenoxy) is 8. The molecule has 19 aliphatic rings. The number of hydrogen-bond acceptors (Lipinski definition) is 8. The number of benzene rings is 3. The zero-order valence-electron chi connectivity index (χ0n) is 88.5. The van der Waals surface area contributed by atoms with Gasteiger partial charge in [0.2, 0.25) is 0 Å². The summed E-state index contributed by atoms with van der Waals surface area (Å²) < 4.78 is 47.8. The lowest BCUT2D eigenvalue weighted by Gasteiger charge is -2.55. The van der Waals surface area contributed by atoms with Gasteiger partial charge >= 0.3 is 0 Å². The second-order valence-corrected chi connectivity index (χ2v) is 50.2. The Morgan fingerprint density at radius 1 is 0.299 bits per heavy atom. The molecule has 19 aliphatic carbocycles. The molecule has 758 valence electrons. The van der Waals surface area contributed by atoms with E-state index in [1.165, 1.54) is 362 Å². The van der Waals surface area contributed by atoms with E-state index < -0.39 is 0 Å². The van der Waals surface area contributed by atoms with E-state index in [1.807, 2.05) is 7.11 Å². The van der Waals surface area contributed by atoms with E-state index in [0.29, 0.717) is 74.1 Å².